The highest BCUT2D eigenvalue weighted by Gasteiger charge is 1.60. The van der Waals surface area contributed by atoms with E-state index < -0.39 is 6.03 Å². The minimum atomic E-state index is -0.833. The van der Waals surface area contributed by atoms with Gasteiger partial charge in [-0.2, -0.15) is 0 Å². The van der Waals surface area contributed by atoms with Crippen LogP contribution in [-0.4, -0.2) is 12.8 Å². The number of nitrogens with two attached hydrogens (primary N) is 2. The van der Waals surface area contributed by atoms with Crippen LogP contribution in [0, 0.1) is 0 Å². The van der Waals surface area contributed by atoms with E-state index in [0.717, 1.165) is 0 Å². The van der Waals surface area contributed by atoms with Crippen LogP contribution in [0.3, 0.4) is 0 Å². The van der Waals surface area contributed by atoms with E-state index in [-0.39, 0.29) is 7.43 Å². The van der Waals surface area contributed by atoms with Crippen LogP contribution in [0.25, 0.3) is 0 Å². The first-order valence-corrected chi connectivity index (χ1v) is 1.07. The Morgan fingerprint density at radius 1 is 1.29 bits per heavy atom. The van der Waals surface area contributed by atoms with E-state index >= 15 is 0 Å². The number of carbonyl (C=O) groups excluding carboxylic acids is 2. The zero-order valence-electron chi connectivity index (χ0n) is 3.18. The summed E-state index contributed by atoms with van der Waals surface area (Å²) in [5.74, 6) is 0. The van der Waals surface area contributed by atoms with Crippen molar-refractivity contribution in [2.24, 2.45) is 11.5 Å². The first kappa shape index (κ1) is 16.8. The fourth-order valence-corrected chi connectivity index (χ4v) is 0. The Morgan fingerprint density at radius 2 is 1.29 bits per heavy atom. The lowest BCUT2D eigenvalue weighted by atomic mass is 11.2. The maximum Gasteiger partial charge on any atom is 0.309 e. The van der Waals surface area contributed by atoms with Crippen molar-refractivity contribution in [3.8, 4) is 0 Å². The van der Waals surface area contributed by atoms with Gasteiger partial charge < -0.3 is 16.3 Å². The molecule has 0 atom stereocenters. The van der Waals surface area contributed by atoms with Gasteiger partial charge >= 0.3 is 6.03 Å². The van der Waals surface area contributed by atoms with Crippen molar-refractivity contribution in [2.75, 3.05) is 0 Å². The summed E-state index contributed by atoms with van der Waals surface area (Å²) in [5, 5.41) is 0. The molecule has 0 aliphatic heterocycles. The molecular formula is C3H10N2O2. The van der Waals surface area contributed by atoms with Crippen LogP contribution in [-0.2, 0) is 4.79 Å². The quantitative estimate of drug-likeness (QED) is 0.435. The molecule has 0 fully saturated rings. The van der Waals surface area contributed by atoms with Crippen molar-refractivity contribution in [3.05, 3.63) is 0 Å². The van der Waals surface area contributed by atoms with Gasteiger partial charge in [-0.15, -0.1) is 0 Å². The molecule has 0 aliphatic carbocycles. The SMILES string of the molecule is C.C=O.NC(N)=O. The van der Waals surface area contributed by atoms with Crippen molar-refractivity contribution < 1.29 is 9.59 Å². The summed E-state index contributed by atoms with van der Waals surface area (Å²) < 4.78 is 0. The smallest absolute Gasteiger partial charge is 0.309 e. The largest absolute Gasteiger partial charge is 0.352 e. The van der Waals surface area contributed by atoms with Crippen LogP contribution in [0.15, 0.2) is 0 Å². The van der Waals surface area contributed by atoms with Gasteiger partial charge in [0.1, 0.15) is 6.79 Å². The number of amides is 2. The molecule has 0 saturated carbocycles. The summed E-state index contributed by atoms with van der Waals surface area (Å²) in [6.45, 7) is 2.00. The molecule has 0 aromatic rings. The zero-order chi connectivity index (χ0) is 5.58. The number of hydrogen-bond acceptors (Lipinski definition) is 2. The van der Waals surface area contributed by atoms with E-state index in [0.29, 0.717) is 0 Å². The molecule has 0 unspecified atom stereocenters. The number of rotatable bonds is 0. The lowest BCUT2D eigenvalue weighted by Gasteiger charge is -1.62. The summed E-state index contributed by atoms with van der Waals surface area (Å²) in [6.07, 6.45) is 0. The number of hydrogen-bond donors (Lipinski definition) is 2. The molecule has 0 aliphatic rings. The fraction of sp³-hybridized carbons (Fsp3) is 0.333. The van der Waals surface area contributed by atoms with Gasteiger partial charge in [-0.3, -0.25) is 0 Å². The minimum Gasteiger partial charge on any atom is -0.352 e. The van der Waals surface area contributed by atoms with Gasteiger partial charge in [0.2, 0.25) is 0 Å². The number of carbonyl (C=O) groups is 2. The molecule has 0 saturated heterocycles. The molecule has 0 spiro atoms. The monoisotopic (exact) mass is 106 g/mol. The summed E-state index contributed by atoms with van der Waals surface area (Å²) in [6, 6.07) is -0.833. The molecule has 0 aromatic heterocycles. The predicted molar refractivity (Wildman–Crippen MR) is 27.6 cm³/mol. The molecule has 44 valence electrons. The van der Waals surface area contributed by atoms with Gasteiger partial charge in [0, 0.05) is 0 Å². The van der Waals surface area contributed by atoms with Gasteiger partial charge in [0.15, 0.2) is 0 Å². The Kier molecular flexibility index (Phi) is 48.8. The third-order valence-electron chi connectivity index (χ3n) is 0. The molecule has 7 heavy (non-hydrogen) atoms. The van der Waals surface area contributed by atoms with Gasteiger partial charge in [-0.1, -0.05) is 7.43 Å². The van der Waals surface area contributed by atoms with E-state index in [9.17, 15) is 0 Å². The Bertz CT molecular complexity index is 42.2. The van der Waals surface area contributed by atoms with E-state index in [4.69, 9.17) is 9.59 Å². The Hall–Kier alpha value is -1.06. The van der Waals surface area contributed by atoms with Crippen LogP contribution in [0.5, 0.6) is 0 Å². The normalized spacial score (nSPS) is 4.00. The lowest BCUT2D eigenvalue weighted by molar-refractivity contribution is -0.0979. The van der Waals surface area contributed by atoms with Crippen LogP contribution in [0.4, 0.5) is 4.79 Å². The third kappa shape index (κ3) is 38.0. The number of urea groups is 1. The van der Waals surface area contributed by atoms with Crippen molar-refractivity contribution in [3.63, 3.8) is 0 Å². The van der Waals surface area contributed by atoms with E-state index in [1.807, 2.05) is 6.79 Å². The highest BCUT2D eigenvalue weighted by Crippen LogP contribution is 1.25. The predicted octanol–water partition coefficient (Wildman–Crippen LogP) is -0.525. The summed E-state index contributed by atoms with van der Waals surface area (Å²) >= 11 is 0. The standard InChI is InChI=1S/CH4N2O.CH2O.CH4/c2-1(3)4;1-2;/h(H4,2,3,4);1H2;1H4. The van der Waals surface area contributed by atoms with Crippen LogP contribution in [0.2, 0.25) is 0 Å². The highest BCUT2D eigenvalue weighted by molar-refractivity contribution is 5.69. The molecule has 0 bridgehead atoms. The molecule has 4 N–H and O–H groups in total. The molecule has 0 rings (SSSR count). The summed E-state index contributed by atoms with van der Waals surface area (Å²) in [7, 11) is 0. The first-order valence-electron chi connectivity index (χ1n) is 1.07. The maximum atomic E-state index is 9.00. The van der Waals surface area contributed by atoms with Crippen LogP contribution < -0.4 is 11.5 Å². The number of primary amides is 2. The van der Waals surface area contributed by atoms with Gasteiger partial charge in [-0.25, -0.2) is 4.79 Å². The second-order valence-electron chi connectivity index (χ2n) is 0.402. The Labute approximate surface area is 42.5 Å². The zero-order valence-corrected chi connectivity index (χ0v) is 3.18. The lowest BCUT2D eigenvalue weighted by Crippen LogP contribution is -2.18. The van der Waals surface area contributed by atoms with Crippen molar-refractivity contribution in [1.82, 2.24) is 0 Å². The van der Waals surface area contributed by atoms with E-state index in [1.54, 1.807) is 0 Å². The first-order chi connectivity index (χ1) is 2.73. The molecule has 4 nitrogen and oxygen atoms in total. The molecule has 0 radical (unpaired) electrons. The van der Waals surface area contributed by atoms with Gasteiger partial charge in [0.25, 0.3) is 0 Å². The van der Waals surface area contributed by atoms with Crippen molar-refractivity contribution in [2.45, 2.75) is 7.43 Å². The second kappa shape index (κ2) is 20.4. The van der Waals surface area contributed by atoms with E-state index in [2.05, 4.69) is 11.5 Å². The van der Waals surface area contributed by atoms with Crippen molar-refractivity contribution >= 4 is 12.8 Å². The average Bonchev–Trinajstić information content (AvgIpc) is 1.41. The molecule has 0 aromatic carbocycles. The summed E-state index contributed by atoms with van der Waals surface area (Å²) in [5.41, 5.74) is 8.50. The van der Waals surface area contributed by atoms with Crippen molar-refractivity contribution in [1.29, 1.82) is 0 Å². The fourth-order valence-electron chi connectivity index (χ4n) is 0. The average molecular weight is 106 g/mol. The molecular weight excluding hydrogens is 96.0 g/mol. The third-order valence-corrected chi connectivity index (χ3v) is 0. The molecule has 4 heteroatoms. The summed E-state index contributed by atoms with van der Waals surface area (Å²) in [4.78, 5) is 17.0. The molecule has 2 amide bonds. The van der Waals surface area contributed by atoms with Crippen LogP contribution in [0.1, 0.15) is 7.43 Å². The second-order valence-corrected chi connectivity index (χ2v) is 0.402. The Balaban J connectivity index is -0.0000000480. The minimum absolute atomic E-state index is 0. The van der Waals surface area contributed by atoms with Crippen LogP contribution >= 0.6 is 0 Å². The highest BCUT2D eigenvalue weighted by atomic mass is 16.2. The van der Waals surface area contributed by atoms with Gasteiger partial charge in [0.05, 0.1) is 0 Å². The van der Waals surface area contributed by atoms with Gasteiger partial charge in [-0.05, 0) is 0 Å². The van der Waals surface area contributed by atoms with E-state index in [1.165, 1.54) is 0 Å². The molecule has 0 heterocycles. The Morgan fingerprint density at radius 3 is 1.29 bits per heavy atom. The topological polar surface area (TPSA) is 86.2 Å². The maximum absolute atomic E-state index is 9.00.